The van der Waals surface area contributed by atoms with Crippen molar-refractivity contribution < 1.29 is 14.7 Å². The molecule has 20 heavy (non-hydrogen) atoms. The van der Waals surface area contributed by atoms with Gasteiger partial charge in [0.1, 0.15) is 0 Å². The molecule has 2 aliphatic rings. The number of piperidine rings is 2. The molecule has 0 bridgehead atoms. The van der Waals surface area contributed by atoms with Gasteiger partial charge in [-0.1, -0.05) is 13.3 Å². The van der Waals surface area contributed by atoms with Crippen LogP contribution in [0.2, 0.25) is 0 Å². The van der Waals surface area contributed by atoms with Crippen molar-refractivity contribution in [3.05, 3.63) is 0 Å². The lowest BCUT2D eigenvalue weighted by Gasteiger charge is -2.42. The molecule has 2 saturated heterocycles. The molecular weight excluding hydrogens is 256 g/mol. The van der Waals surface area contributed by atoms with Gasteiger partial charge in [0.25, 0.3) is 0 Å². The Kier molecular flexibility index (Phi) is 5.02. The summed E-state index contributed by atoms with van der Waals surface area (Å²) in [7, 11) is 0. The van der Waals surface area contributed by atoms with Crippen molar-refractivity contribution in [3.63, 3.8) is 0 Å². The molecule has 2 rings (SSSR count). The van der Waals surface area contributed by atoms with Crippen molar-refractivity contribution in [1.82, 2.24) is 10.2 Å². The number of amides is 1. The third kappa shape index (κ3) is 3.14. The molecule has 2 atom stereocenters. The molecule has 0 spiro atoms. The van der Waals surface area contributed by atoms with Gasteiger partial charge in [0.2, 0.25) is 5.91 Å². The van der Waals surface area contributed by atoms with Gasteiger partial charge in [0, 0.05) is 19.6 Å². The van der Waals surface area contributed by atoms with Crippen LogP contribution in [0.15, 0.2) is 0 Å². The second-order valence-corrected chi connectivity index (χ2v) is 6.24. The highest BCUT2D eigenvalue weighted by molar-refractivity contribution is 5.84. The molecule has 2 heterocycles. The maximum Gasteiger partial charge on any atom is 0.308 e. The summed E-state index contributed by atoms with van der Waals surface area (Å²) < 4.78 is 0. The Balaban J connectivity index is 2.08. The van der Waals surface area contributed by atoms with E-state index in [2.05, 4.69) is 12.2 Å². The van der Waals surface area contributed by atoms with Gasteiger partial charge in [0.05, 0.1) is 11.3 Å². The lowest BCUT2D eigenvalue weighted by atomic mass is 9.75. The van der Waals surface area contributed by atoms with E-state index in [0.29, 0.717) is 19.5 Å². The first kappa shape index (κ1) is 15.3. The largest absolute Gasteiger partial charge is 0.481 e. The second kappa shape index (κ2) is 6.57. The van der Waals surface area contributed by atoms with E-state index in [1.165, 1.54) is 0 Å². The van der Waals surface area contributed by atoms with Crippen molar-refractivity contribution in [2.45, 2.75) is 45.4 Å². The highest BCUT2D eigenvalue weighted by Crippen LogP contribution is 2.35. The van der Waals surface area contributed by atoms with Gasteiger partial charge in [-0.05, 0) is 38.6 Å². The Morgan fingerprint density at radius 1 is 1.40 bits per heavy atom. The minimum absolute atomic E-state index is 0.178. The van der Waals surface area contributed by atoms with E-state index in [1.807, 2.05) is 4.90 Å². The zero-order valence-corrected chi connectivity index (χ0v) is 12.4. The zero-order chi connectivity index (χ0) is 14.6. The summed E-state index contributed by atoms with van der Waals surface area (Å²) in [5, 5.41) is 12.5. The molecule has 0 aromatic rings. The fourth-order valence-corrected chi connectivity index (χ4v) is 3.65. The van der Waals surface area contributed by atoms with Crippen molar-refractivity contribution in [2.24, 2.45) is 11.3 Å². The number of carbonyl (C=O) groups excluding carboxylic acids is 1. The predicted molar refractivity (Wildman–Crippen MR) is 76.4 cm³/mol. The Bertz CT molecular complexity index is 359. The summed E-state index contributed by atoms with van der Waals surface area (Å²) in [6.07, 6.45) is 5.34. The van der Waals surface area contributed by atoms with Gasteiger partial charge in [0.15, 0.2) is 0 Å². The Labute approximate surface area is 120 Å². The van der Waals surface area contributed by atoms with Crippen LogP contribution in [0.4, 0.5) is 0 Å². The maximum atomic E-state index is 12.9. The number of aliphatic carboxylic acids is 1. The first-order valence-corrected chi connectivity index (χ1v) is 7.82. The molecule has 0 radical (unpaired) electrons. The van der Waals surface area contributed by atoms with Gasteiger partial charge in [-0.15, -0.1) is 0 Å². The number of carboxylic acid groups (broad SMARTS) is 1. The SMILES string of the molecule is CCCC1(C(=O)N2CCC[C@H](C(=O)O)C2)CCCNC1. The minimum atomic E-state index is -0.770. The first-order valence-electron chi connectivity index (χ1n) is 7.82. The van der Waals surface area contributed by atoms with Crippen LogP contribution >= 0.6 is 0 Å². The van der Waals surface area contributed by atoms with Crippen LogP contribution in [0.1, 0.15) is 45.4 Å². The van der Waals surface area contributed by atoms with Gasteiger partial charge >= 0.3 is 5.97 Å². The van der Waals surface area contributed by atoms with E-state index in [-0.39, 0.29) is 17.2 Å². The standard InChI is InChI=1S/C15H26N2O3/c1-2-6-15(7-4-8-16-11-15)14(20)17-9-3-5-12(10-17)13(18)19/h12,16H,2-11H2,1H3,(H,18,19)/t12-,15?/m0/s1. The first-order chi connectivity index (χ1) is 9.59. The van der Waals surface area contributed by atoms with E-state index in [0.717, 1.165) is 45.2 Å². The van der Waals surface area contributed by atoms with Gasteiger partial charge in [-0.3, -0.25) is 9.59 Å². The molecule has 2 fully saturated rings. The lowest BCUT2D eigenvalue weighted by Crippen LogP contribution is -2.54. The smallest absolute Gasteiger partial charge is 0.308 e. The molecule has 0 aromatic carbocycles. The molecule has 0 saturated carbocycles. The molecule has 5 nitrogen and oxygen atoms in total. The van der Waals surface area contributed by atoms with Crippen LogP contribution in [0.5, 0.6) is 0 Å². The summed E-state index contributed by atoms with van der Waals surface area (Å²) in [5.74, 6) is -0.978. The van der Waals surface area contributed by atoms with Crippen LogP contribution in [0, 0.1) is 11.3 Å². The highest BCUT2D eigenvalue weighted by atomic mass is 16.4. The fraction of sp³-hybridized carbons (Fsp3) is 0.867. The van der Waals surface area contributed by atoms with E-state index in [9.17, 15) is 9.59 Å². The third-order valence-electron chi connectivity index (χ3n) is 4.71. The Morgan fingerprint density at radius 3 is 2.80 bits per heavy atom. The molecule has 5 heteroatoms. The Morgan fingerprint density at radius 2 is 2.20 bits per heavy atom. The average molecular weight is 282 g/mol. The fourth-order valence-electron chi connectivity index (χ4n) is 3.65. The average Bonchev–Trinajstić information content (AvgIpc) is 2.48. The molecule has 1 amide bonds. The number of hydrogen-bond acceptors (Lipinski definition) is 3. The monoisotopic (exact) mass is 282 g/mol. The molecule has 2 aliphatic heterocycles. The van der Waals surface area contributed by atoms with E-state index < -0.39 is 5.97 Å². The number of carboxylic acids is 1. The lowest BCUT2D eigenvalue weighted by molar-refractivity contribution is -0.150. The molecular formula is C15H26N2O3. The van der Waals surface area contributed by atoms with Crippen molar-refractivity contribution in [2.75, 3.05) is 26.2 Å². The third-order valence-corrected chi connectivity index (χ3v) is 4.71. The minimum Gasteiger partial charge on any atom is -0.481 e. The molecule has 2 N–H and O–H groups in total. The number of likely N-dealkylation sites (tertiary alicyclic amines) is 1. The molecule has 1 unspecified atom stereocenters. The Hall–Kier alpha value is -1.10. The van der Waals surface area contributed by atoms with Crippen molar-refractivity contribution in [3.8, 4) is 0 Å². The van der Waals surface area contributed by atoms with Crippen LogP contribution in [0.3, 0.4) is 0 Å². The van der Waals surface area contributed by atoms with Gasteiger partial charge in [-0.2, -0.15) is 0 Å². The van der Waals surface area contributed by atoms with E-state index in [4.69, 9.17) is 5.11 Å². The summed E-state index contributed by atoms with van der Waals surface area (Å²) in [6, 6.07) is 0. The zero-order valence-electron chi connectivity index (χ0n) is 12.4. The van der Waals surface area contributed by atoms with Gasteiger partial charge < -0.3 is 15.3 Å². The van der Waals surface area contributed by atoms with Crippen LogP contribution in [-0.2, 0) is 9.59 Å². The summed E-state index contributed by atoms with van der Waals surface area (Å²) in [4.78, 5) is 25.9. The number of nitrogens with zero attached hydrogens (tertiary/aromatic N) is 1. The van der Waals surface area contributed by atoms with Crippen molar-refractivity contribution in [1.29, 1.82) is 0 Å². The normalized spacial score (nSPS) is 31.1. The molecule has 114 valence electrons. The number of nitrogens with one attached hydrogen (secondary N) is 1. The van der Waals surface area contributed by atoms with E-state index >= 15 is 0 Å². The predicted octanol–water partition coefficient (Wildman–Crippen LogP) is 1.48. The molecule has 0 aliphatic carbocycles. The number of hydrogen-bond donors (Lipinski definition) is 2. The van der Waals surface area contributed by atoms with Gasteiger partial charge in [-0.25, -0.2) is 0 Å². The van der Waals surface area contributed by atoms with Crippen LogP contribution in [-0.4, -0.2) is 48.1 Å². The summed E-state index contributed by atoms with van der Waals surface area (Å²) >= 11 is 0. The maximum absolute atomic E-state index is 12.9. The number of rotatable bonds is 4. The second-order valence-electron chi connectivity index (χ2n) is 6.24. The quantitative estimate of drug-likeness (QED) is 0.819. The topological polar surface area (TPSA) is 69.6 Å². The number of carbonyl (C=O) groups is 2. The highest BCUT2D eigenvalue weighted by Gasteiger charge is 2.42. The van der Waals surface area contributed by atoms with Crippen LogP contribution < -0.4 is 5.32 Å². The van der Waals surface area contributed by atoms with E-state index in [1.54, 1.807) is 0 Å². The van der Waals surface area contributed by atoms with Crippen LogP contribution in [0.25, 0.3) is 0 Å². The van der Waals surface area contributed by atoms with Crippen molar-refractivity contribution >= 4 is 11.9 Å². The molecule has 0 aromatic heterocycles. The summed E-state index contributed by atoms with van der Waals surface area (Å²) in [6.45, 7) is 4.94. The summed E-state index contributed by atoms with van der Waals surface area (Å²) in [5.41, 5.74) is -0.298.